The third-order valence-corrected chi connectivity index (χ3v) is 4.30. The highest BCUT2D eigenvalue weighted by atomic mass is 16.2. The first-order valence-corrected chi connectivity index (χ1v) is 8.65. The fourth-order valence-electron chi connectivity index (χ4n) is 2.79. The number of hydrogen-bond acceptors (Lipinski definition) is 3. The van der Waals surface area contributed by atoms with Crippen molar-refractivity contribution in [2.75, 3.05) is 25.0 Å². The number of benzene rings is 1. The zero-order valence-electron chi connectivity index (χ0n) is 15.2. The van der Waals surface area contributed by atoms with E-state index in [1.165, 1.54) is 17.7 Å². The summed E-state index contributed by atoms with van der Waals surface area (Å²) in [7, 11) is 2.12. The first-order valence-electron chi connectivity index (χ1n) is 8.65. The lowest BCUT2D eigenvalue weighted by Crippen LogP contribution is -2.37. The Morgan fingerprint density at radius 1 is 1.21 bits per heavy atom. The second kappa shape index (κ2) is 7.69. The molecule has 2 N–H and O–H groups in total. The van der Waals surface area contributed by atoms with Crippen LogP contribution in [-0.2, 0) is 22.6 Å². The predicted octanol–water partition coefficient (Wildman–Crippen LogP) is 2.24. The summed E-state index contributed by atoms with van der Waals surface area (Å²) in [6.45, 7) is 7.57. The number of carbonyl (C=O) groups excluding carboxylic acids is 2. The van der Waals surface area contributed by atoms with Gasteiger partial charge >= 0.3 is 0 Å². The van der Waals surface area contributed by atoms with Gasteiger partial charge < -0.3 is 15.5 Å². The van der Waals surface area contributed by atoms with Crippen molar-refractivity contribution in [3.8, 4) is 0 Å². The zero-order valence-corrected chi connectivity index (χ0v) is 15.2. The molecule has 0 saturated carbocycles. The Morgan fingerprint density at radius 3 is 2.67 bits per heavy atom. The summed E-state index contributed by atoms with van der Waals surface area (Å²) < 4.78 is 0. The molecule has 132 valence electrons. The highest BCUT2D eigenvalue weighted by molar-refractivity contribution is 5.82. The van der Waals surface area contributed by atoms with E-state index in [-0.39, 0.29) is 11.8 Å². The third kappa shape index (κ3) is 4.98. The molecule has 0 atom stereocenters. The molecule has 1 aliphatic heterocycles. The zero-order chi connectivity index (χ0) is 17.7. The number of nitrogens with one attached hydrogen (secondary N) is 2. The normalized spacial score (nSPS) is 14.1. The van der Waals surface area contributed by atoms with Gasteiger partial charge in [-0.25, -0.2) is 0 Å². The van der Waals surface area contributed by atoms with Crippen LogP contribution in [0.1, 0.15) is 44.7 Å². The molecule has 0 unspecified atom stereocenters. The first-order chi connectivity index (χ1) is 11.3. The summed E-state index contributed by atoms with van der Waals surface area (Å²) in [6, 6.07) is 6.40. The summed E-state index contributed by atoms with van der Waals surface area (Å²) in [4.78, 5) is 25.9. The summed E-state index contributed by atoms with van der Waals surface area (Å²) >= 11 is 0. The molecule has 1 aromatic rings. The average molecular weight is 331 g/mol. The van der Waals surface area contributed by atoms with E-state index >= 15 is 0 Å². The van der Waals surface area contributed by atoms with Crippen molar-refractivity contribution < 1.29 is 9.59 Å². The lowest BCUT2D eigenvalue weighted by molar-refractivity contribution is -0.128. The van der Waals surface area contributed by atoms with Gasteiger partial charge in [0.2, 0.25) is 11.8 Å². The molecule has 0 aliphatic carbocycles. The van der Waals surface area contributed by atoms with Gasteiger partial charge in [0.15, 0.2) is 0 Å². The van der Waals surface area contributed by atoms with Crippen LogP contribution in [0.4, 0.5) is 5.69 Å². The molecule has 0 aromatic heterocycles. The monoisotopic (exact) mass is 331 g/mol. The Hall–Kier alpha value is -2.04. The number of aryl methyl sites for hydroxylation is 1. The topological polar surface area (TPSA) is 61.4 Å². The van der Waals surface area contributed by atoms with Crippen LogP contribution in [0.2, 0.25) is 0 Å². The van der Waals surface area contributed by atoms with Crippen LogP contribution in [0.5, 0.6) is 0 Å². The molecule has 0 saturated heterocycles. The Morgan fingerprint density at radius 2 is 1.96 bits per heavy atom. The van der Waals surface area contributed by atoms with Crippen molar-refractivity contribution in [2.45, 2.75) is 46.6 Å². The van der Waals surface area contributed by atoms with Crippen molar-refractivity contribution >= 4 is 17.5 Å². The second-order valence-corrected chi connectivity index (χ2v) is 7.52. The molecule has 0 spiro atoms. The van der Waals surface area contributed by atoms with Gasteiger partial charge in [0.1, 0.15) is 0 Å². The summed E-state index contributed by atoms with van der Waals surface area (Å²) in [6.07, 6.45) is 2.57. The molecule has 0 bridgehead atoms. The van der Waals surface area contributed by atoms with Crippen molar-refractivity contribution in [3.05, 3.63) is 29.3 Å². The van der Waals surface area contributed by atoms with Crippen molar-refractivity contribution in [2.24, 2.45) is 5.41 Å². The average Bonchev–Trinajstić information content (AvgIpc) is 2.52. The lowest BCUT2D eigenvalue weighted by Gasteiger charge is -2.27. The molecule has 1 aromatic carbocycles. The Bertz CT molecular complexity index is 605. The van der Waals surface area contributed by atoms with Crippen LogP contribution in [0.15, 0.2) is 18.2 Å². The van der Waals surface area contributed by atoms with Crippen molar-refractivity contribution in [3.63, 3.8) is 0 Å². The Kier molecular flexibility index (Phi) is 5.86. The molecule has 1 heterocycles. The van der Waals surface area contributed by atoms with E-state index in [0.29, 0.717) is 19.5 Å². The van der Waals surface area contributed by atoms with Gasteiger partial charge in [-0.1, -0.05) is 32.9 Å². The molecular formula is C19H29N3O2. The van der Waals surface area contributed by atoms with E-state index in [1.807, 2.05) is 20.8 Å². The molecule has 1 aliphatic rings. The molecular weight excluding hydrogens is 302 g/mol. The second-order valence-electron chi connectivity index (χ2n) is 7.52. The number of carbonyl (C=O) groups is 2. The van der Waals surface area contributed by atoms with Crippen LogP contribution in [0, 0.1) is 5.41 Å². The van der Waals surface area contributed by atoms with E-state index in [2.05, 4.69) is 40.8 Å². The fourth-order valence-corrected chi connectivity index (χ4v) is 2.79. The molecule has 0 radical (unpaired) electrons. The molecule has 5 nitrogen and oxygen atoms in total. The minimum atomic E-state index is -0.424. The number of hydrogen-bond donors (Lipinski definition) is 2. The number of fused-ring (bicyclic) bond motifs is 1. The Balaban J connectivity index is 1.77. The van der Waals surface area contributed by atoms with E-state index in [4.69, 9.17) is 0 Å². The fraction of sp³-hybridized carbons (Fsp3) is 0.579. The van der Waals surface area contributed by atoms with E-state index in [1.54, 1.807) is 0 Å². The number of amides is 2. The number of rotatable bonds is 5. The molecule has 0 fully saturated rings. The van der Waals surface area contributed by atoms with Gasteiger partial charge in [0, 0.05) is 44.2 Å². The van der Waals surface area contributed by atoms with Crippen LogP contribution in [0.25, 0.3) is 0 Å². The smallest absolute Gasteiger partial charge is 0.225 e. The molecule has 2 rings (SSSR count). The quantitative estimate of drug-likeness (QED) is 0.870. The maximum Gasteiger partial charge on any atom is 0.225 e. The van der Waals surface area contributed by atoms with Gasteiger partial charge in [-0.3, -0.25) is 9.59 Å². The minimum Gasteiger partial charge on any atom is -0.374 e. The minimum absolute atomic E-state index is 0.0332. The molecule has 24 heavy (non-hydrogen) atoms. The van der Waals surface area contributed by atoms with E-state index < -0.39 is 5.41 Å². The largest absolute Gasteiger partial charge is 0.374 e. The first kappa shape index (κ1) is 18.3. The van der Waals surface area contributed by atoms with Gasteiger partial charge in [0.05, 0.1) is 0 Å². The molecule has 2 amide bonds. The highest BCUT2D eigenvalue weighted by Crippen LogP contribution is 2.26. The Labute approximate surface area is 144 Å². The van der Waals surface area contributed by atoms with Gasteiger partial charge in [-0.05, 0) is 30.0 Å². The lowest BCUT2D eigenvalue weighted by atomic mass is 9.96. The van der Waals surface area contributed by atoms with Gasteiger partial charge in [0.25, 0.3) is 0 Å². The number of nitrogens with zero attached hydrogens (tertiary/aromatic N) is 1. The van der Waals surface area contributed by atoms with Crippen LogP contribution in [-0.4, -0.2) is 32.0 Å². The highest BCUT2D eigenvalue weighted by Gasteiger charge is 2.20. The van der Waals surface area contributed by atoms with Crippen molar-refractivity contribution in [1.82, 2.24) is 10.6 Å². The maximum absolute atomic E-state index is 11.9. The van der Waals surface area contributed by atoms with E-state index in [0.717, 1.165) is 18.5 Å². The van der Waals surface area contributed by atoms with Gasteiger partial charge in [-0.15, -0.1) is 0 Å². The van der Waals surface area contributed by atoms with Gasteiger partial charge in [-0.2, -0.15) is 0 Å². The summed E-state index contributed by atoms with van der Waals surface area (Å²) in [5.41, 5.74) is 3.34. The van der Waals surface area contributed by atoms with E-state index in [9.17, 15) is 9.59 Å². The van der Waals surface area contributed by atoms with Crippen LogP contribution in [0.3, 0.4) is 0 Å². The predicted molar refractivity (Wildman–Crippen MR) is 97.0 cm³/mol. The number of anilines is 1. The van der Waals surface area contributed by atoms with Crippen LogP contribution < -0.4 is 15.5 Å². The standard InChI is InChI=1S/C19H29N3O2/c1-19(2,3)18(24)20-10-9-17(23)21-13-14-7-8-16-15(12-14)6-5-11-22(16)4/h7-8,12H,5-6,9-11,13H2,1-4H3,(H,20,24)(H,21,23). The van der Waals surface area contributed by atoms with Crippen molar-refractivity contribution in [1.29, 1.82) is 0 Å². The third-order valence-electron chi connectivity index (χ3n) is 4.30. The molecule has 5 heteroatoms. The SMILES string of the molecule is CN1CCCc2cc(CNC(=O)CCNC(=O)C(C)(C)C)ccc21. The summed E-state index contributed by atoms with van der Waals surface area (Å²) in [5.74, 6) is -0.0758. The van der Waals surface area contributed by atoms with Crippen LogP contribution >= 0.6 is 0 Å². The summed E-state index contributed by atoms with van der Waals surface area (Å²) in [5, 5.41) is 5.72. The maximum atomic E-state index is 11.9.